The number of hydrogen-bond acceptors (Lipinski definition) is 2. The summed E-state index contributed by atoms with van der Waals surface area (Å²) in [6.07, 6.45) is 1.80. The van der Waals surface area contributed by atoms with Crippen molar-refractivity contribution in [2.75, 3.05) is 0 Å². The molecule has 0 unspecified atom stereocenters. The number of benzene rings is 2. The second-order valence-electron chi connectivity index (χ2n) is 3.50. The van der Waals surface area contributed by atoms with E-state index in [1.165, 1.54) is 4.90 Å². The van der Waals surface area contributed by atoms with Gasteiger partial charge in [0.1, 0.15) is 5.17 Å². The molecule has 0 N–H and O–H groups in total. The molecule has 0 aromatic heterocycles. The summed E-state index contributed by atoms with van der Waals surface area (Å²) >= 11 is 7.64. The monoisotopic (exact) mass is 273 g/mol. The van der Waals surface area contributed by atoms with Crippen LogP contribution in [-0.2, 0) is 0 Å². The van der Waals surface area contributed by atoms with Gasteiger partial charge in [-0.15, -0.1) is 0 Å². The maximum atomic E-state index is 6.03. The van der Waals surface area contributed by atoms with Gasteiger partial charge in [0.25, 0.3) is 0 Å². The molecule has 0 saturated heterocycles. The summed E-state index contributed by atoms with van der Waals surface area (Å²) in [5, 5.41) is 2.41. The summed E-state index contributed by atoms with van der Waals surface area (Å²) in [6, 6.07) is 19.8. The number of hydrogen-bond donors (Lipinski definition) is 0. The lowest BCUT2D eigenvalue weighted by atomic mass is 10.3. The lowest BCUT2D eigenvalue weighted by Crippen LogP contribution is -1.77. The van der Waals surface area contributed by atoms with Crippen molar-refractivity contribution >= 4 is 34.2 Å². The molecule has 0 bridgehead atoms. The van der Waals surface area contributed by atoms with Gasteiger partial charge in [-0.2, -0.15) is 0 Å². The van der Waals surface area contributed by atoms with Crippen LogP contribution in [0.15, 0.2) is 82.0 Å². The van der Waals surface area contributed by atoms with Crippen molar-refractivity contribution in [3.63, 3.8) is 0 Å². The number of nitrogens with zero attached hydrogens (tertiary/aromatic N) is 1. The smallest absolute Gasteiger partial charge is 0.130 e. The molecule has 3 heteroatoms. The fourth-order valence-corrected chi connectivity index (χ4v) is 2.23. The number of halogens is 1. The Balaban J connectivity index is 1.95. The van der Waals surface area contributed by atoms with Gasteiger partial charge in [-0.1, -0.05) is 59.8 Å². The fraction of sp³-hybridized carbons (Fsp3) is 0. The average Bonchev–Trinajstić information content (AvgIpc) is 2.41. The highest BCUT2D eigenvalue weighted by molar-refractivity contribution is 8.02. The molecule has 0 radical (unpaired) electrons. The van der Waals surface area contributed by atoms with Gasteiger partial charge < -0.3 is 0 Å². The van der Waals surface area contributed by atoms with E-state index in [1.54, 1.807) is 17.8 Å². The SMILES string of the molecule is ClC(/C=C/Sc1ccccc1)=Nc1ccccc1. The summed E-state index contributed by atoms with van der Waals surface area (Å²) in [7, 11) is 0. The predicted molar refractivity (Wildman–Crippen MR) is 80.8 cm³/mol. The molecule has 0 heterocycles. The van der Waals surface area contributed by atoms with Crippen LogP contribution in [-0.4, -0.2) is 5.17 Å². The Kier molecular flexibility index (Phi) is 5.06. The van der Waals surface area contributed by atoms with Gasteiger partial charge in [-0.3, -0.25) is 0 Å². The lowest BCUT2D eigenvalue weighted by Gasteiger charge is -1.94. The van der Waals surface area contributed by atoms with E-state index in [0.29, 0.717) is 5.17 Å². The molecule has 90 valence electrons. The molecule has 1 nitrogen and oxygen atoms in total. The molecule has 0 amide bonds. The Morgan fingerprint density at radius 2 is 1.56 bits per heavy atom. The Morgan fingerprint density at radius 1 is 0.944 bits per heavy atom. The van der Waals surface area contributed by atoms with Crippen molar-refractivity contribution < 1.29 is 0 Å². The Labute approximate surface area is 116 Å². The Morgan fingerprint density at radius 3 is 2.22 bits per heavy atom. The van der Waals surface area contributed by atoms with E-state index < -0.39 is 0 Å². The molecule has 0 atom stereocenters. The fourth-order valence-electron chi connectivity index (χ4n) is 1.33. The molecule has 2 aromatic rings. The molecule has 0 aliphatic heterocycles. The lowest BCUT2D eigenvalue weighted by molar-refractivity contribution is 1.47. The van der Waals surface area contributed by atoms with Crippen molar-refractivity contribution in [1.29, 1.82) is 0 Å². The number of thioether (sulfide) groups is 1. The van der Waals surface area contributed by atoms with Crippen LogP contribution in [0.25, 0.3) is 0 Å². The van der Waals surface area contributed by atoms with E-state index in [1.807, 2.05) is 53.9 Å². The van der Waals surface area contributed by atoms with E-state index in [-0.39, 0.29) is 0 Å². The standard InChI is InChI=1S/C15H12ClNS/c16-15(17-13-7-3-1-4-8-13)11-12-18-14-9-5-2-6-10-14/h1-12H/b12-11+,17-15?. The molecular formula is C15H12ClNS. The van der Waals surface area contributed by atoms with E-state index >= 15 is 0 Å². The Bertz CT molecular complexity index is 535. The van der Waals surface area contributed by atoms with Crippen molar-refractivity contribution in [2.24, 2.45) is 4.99 Å². The van der Waals surface area contributed by atoms with Crippen molar-refractivity contribution in [1.82, 2.24) is 0 Å². The topological polar surface area (TPSA) is 12.4 Å². The van der Waals surface area contributed by atoms with Crippen LogP contribution in [0.5, 0.6) is 0 Å². The number of aliphatic imine (C=N–C) groups is 1. The van der Waals surface area contributed by atoms with Crippen LogP contribution in [0.1, 0.15) is 0 Å². The predicted octanol–water partition coefficient (Wildman–Crippen LogP) is 5.26. The van der Waals surface area contributed by atoms with Crippen LogP contribution >= 0.6 is 23.4 Å². The maximum Gasteiger partial charge on any atom is 0.130 e. The minimum atomic E-state index is 0.477. The van der Waals surface area contributed by atoms with Gasteiger partial charge in [-0.25, -0.2) is 4.99 Å². The number of para-hydroxylation sites is 1. The minimum absolute atomic E-state index is 0.477. The summed E-state index contributed by atoms with van der Waals surface area (Å²) in [6.45, 7) is 0. The molecular weight excluding hydrogens is 262 g/mol. The van der Waals surface area contributed by atoms with Crippen LogP contribution in [0.3, 0.4) is 0 Å². The summed E-state index contributed by atoms with van der Waals surface area (Å²) in [4.78, 5) is 5.45. The summed E-state index contributed by atoms with van der Waals surface area (Å²) in [5.41, 5.74) is 0.858. The van der Waals surface area contributed by atoms with Gasteiger partial charge in [-0.05, 0) is 35.7 Å². The van der Waals surface area contributed by atoms with Crippen LogP contribution in [0, 0.1) is 0 Å². The first-order valence-electron chi connectivity index (χ1n) is 5.52. The van der Waals surface area contributed by atoms with E-state index in [9.17, 15) is 0 Å². The Hall–Kier alpha value is -1.51. The molecule has 0 saturated carbocycles. The third-order valence-electron chi connectivity index (χ3n) is 2.15. The normalized spacial score (nSPS) is 11.9. The van der Waals surface area contributed by atoms with Gasteiger partial charge >= 0.3 is 0 Å². The first-order chi connectivity index (χ1) is 8.84. The molecule has 18 heavy (non-hydrogen) atoms. The first kappa shape index (κ1) is 12.9. The quantitative estimate of drug-likeness (QED) is 0.547. The summed E-state index contributed by atoms with van der Waals surface area (Å²) in [5.74, 6) is 0. The highest BCUT2D eigenvalue weighted by atomic mass is 35.5. The van der Waals surface area contributed by atoms with Crippen LogP contribution in [0.2, 0.25) is 0 Å². The van der Waals surface area contributed by atoms with E-state index in [0.717, 1.165) is 5.69 Å². The number of rotatable bonds is 4. The third-order valence-corrected chi connectivity index (χ3v) is 3.17. The van der Waals surface area contributed by atoms with Gasteiger partial charge in [0, 0.05) is 4.90 Å². The zero-order chi connectivity index (χ0) is 12.6. The largest absolute Gasteiger partial charge is 0.237 e. The molecule has 0 aliphatic carbocycles. The zero-order valence-corrected chi connectivity index (χ0v) is 11.2. The van der Waals surface area contributed by atoms with Crippen LogP contribution < -0.4 is 0 Å². The van der Waals surface area contributed by atoms with Crippen molar-refractivity contribution in [3.8, 4) is 0 Å². The van der Waals surface area contributed by atoms with Gasteiger partial charge in [0.2, 0.25) is 0 Å². The average molecular weight is 274 g/mol. The molecule has 2 rings (SSSR count). The van der Waals surface area contributed by atoms with E-state index in [2.05, 4.69) is 17.1 Å². The molecule has 0 aliphatic rings. The third kappa shape index (κ3) is 4.40. The minimum Gasteiger partial charge on any atom is -0.237 e. The molecule has 2 aromatic carbocycles. The number of allylic oxidation sites excluding steroid dienone is 1. The second kappa shape index (κ2) is 7.04. The summed E-state index contributed by atoms with van der Waals surface area (Å²) < 4.78 is 0. The maximum absolute atomic E-state index is 6.03. The van der Waals surface area contributed by atoms with Crippen LogP contribution in [0.4, 0.5) is 5.69 Å². The highest BCUT2D eigenvalue weighted by Gasteiger charge is 1.91. The molecule has 0 fully saturated rings. The van der Waals surface area contributed by atoms with Gasteiger partial charge in [0.05, 0.1) is 5.69 Å². The molecule has 0 spiro atoms. The zero-order valence-electron chi connectivity index (χ0n) is 9.66. The highest BCUT2D eigenvalue weighted by Crippen LogP contribution is 2.19. The van der Waals surface area contributed by atoms with Crippen molar-refractivity contribution in [3.05, 3.63) is 72.1 Å². The van der Waals surface area contributed by atoms with Crippen molar-refractivity contribution in [2.45, 2.75) is 4.90 Å². The first-order valence-corrected chi connectivity index (χ1v) is 6.78. The van der Waals surface area contributed by atoms with E-state index in [4.69, 9.17) is 11.6 Å². The van der Waals surface area contributed by atoms with Gasteiger partial charge in [0.15, 0.2) is 0 Å². The second-order valence-corrected chi connectivity index (χ2v) is 4.87.